The second-order valence-corrected chi connectivity index (χ2v) is 2.80. The normalized spacial score (nSPS) is 10.5. The molecule has 0 aromatic heterocycles. The number of anilines is 1. The molecule has 72 valence electrons. The molecule has 0 atom stereocenters. The summed E-state index contributed by atoms with van der Waals surface area (Å²) in [6, 6.07) is 3.32. The van der Waals surface area contributed by atoms with E-state index in [9.17, 15) is 8.78 Å². The molecule has 0 aliphatic rings. The monoisotopic (exact) mass is 187 g/mol. The maximum atomic E-state index is 11.9. The lowest BCUT2D eigenvalue weighted by Crippen LogP contribution is -2.06. The lowest BCUT2D eigenvalue weighted by atomic mass is 10.1. The molecule has 0 aliphatic heterocycles. The van der Waals surface area contributed by atoms with Crippen LogP contribution < -0.4 is 10.5 Å². The number of benzene rings is 1. The molecule has 13 heavy (non-hydrogen) atoms. The van der Waals surface area contributed by atoms with Crippen LogP contribution in [0.25, 0.3) is 0 Å². The summed E-state index contributed by atoms with van der Waals surface area (Å²) in [6.07, 6.45) is 0. The van der Waals surface area contributed by atoms with Crippen molar-refractivity contribution in [3.05, 3.63) is 23.3 Å². The standard InChI is InChI=1S/C9H11F2NO/c1-5-3-4-7(12)6(2)8(5)13-9(10)11/h3-4,9H,12H2,1-2H3. The van der Waals surface area contributed by atoms with Gasteiger partial charge in [-0.15, -0.1) is 0 Å². The van der Waals surface area contributed by atoms with Crippen LogP contribution in [0.2, 0.25) is 0 Å². The predicted molar refractivity (Wildman–Crippen MR) is 47.0 cm³/mol. The number of rotatable bonds is 2. The number of aryl methyl sites for hydroxylation is 1. The molecular formula is C9H11F2NO. The molecule has 0 saturated carbocycles. The fraction of sp³-hybridized carbons (Fsp3) is 0.333. The van der Waals surface area contributed by atoms with Crippen molar-refractivity contribution in [3.8, 4) is 5.75 Å². The van der Waals surface area contributed by atoms with Crippen molar-refractivity contribution in [1.29, 1.82) is 0 Å². The largest absolute Gasteiger partial charge is 0.434 e. The van der Waals surface area contributed by atoms with Crippen molar-refractivity contribution in [2.45, 2.75) is 20.5 Å². The van der Waals surface area contributed by atoms with Crippen LogP contribution in [0.3, 0.4) is 0 Å². The first-order valence-corrected chi connectivity index (χ1v) is 3.83. The van der Waals surface area contributed by atoms with Gasteiger partial charge in [0.1, 0.15) is 5.75 Å². The zero-order valence-corrected chi connectivity index (χ0v) is 7.47. The molecule has 0 heterocycles. The Labute approximate surface area is 75.3 Å². The number of nitrogens with two attached hydrogens (primary N) is 1. The van der Waals surface area contributed by atoms with Gasteiger partial charge in [0.25, 0.3) is 0 Å². The topological polar surface area (TPSA) is 35.2 Å². The van der Waals surface area contributed by atoms with Crippen LogP contribution in [0.4, 0.5) is 14.5 Å². The Balaban J connectivity index is 3.10. The minimum Gasteiger partial charge on any atom is -0.434 e. The number of halogens is 2. The van der Waals surface area contributed by atoms with Crippen LogP contribution in [0.5, 0.6) is 5.75 Å². The maximum Gasteiger partial charge on any atom is 0.387 e. The Kier molecular flexibility index (Phi) is 2.70. The third kappa shape index (κ3) is 2.08. The quantitative estimate of drug-likeness (QED) is 0.722. The van der Waals surface area contributed by atoms with E-state index in [2.05, 4.69) is 4.74 Å². The van der Waals surface area contributed by atoms with Gasteiger partial charge < -0.3 is 10.5 Å². The first-order chi connectivity index (χ1) is 6.02. The summed E-state index contributed by atoms with van der Waals surface area (Å²) >= 11 is 0. The summed E-state index contributed by atoms with van der Waals surface area (Å²) in [5, 5.41) is 0. The summed E-state index contributed by atoms with van der Waals surface area (Å²) in [5.74, 6) is 0.176. The van der Waals surface area contributed by atoms with Crippen molar-refractivity contribution in [3.63, 3.8) is 0 Å². The molecule has 0 unspecified atom stereocenters. The highest BCUT2D eigenvalue weighted by Crippen LogP contribution is 2.28. The third-order valence-corrected chi connectivity index (χ3v) is 1.85. The molecule has 0 radical (unpaired) electrons. The summed E-state index contributed by atoms with van der Waals surface area (Å²) < 4.78 is 28.2. The second kappa shape index (κ2) is 3.60. The smallest absolute Gasteiger partial charge is 0.387 e. The van der Waals surface area contributed by atoms with E-state index in [1.165, 1.54) is 0 Å². The second-order valence-electron chi connectivity index (χ2n) is 2.80. The first kappa shape index (κ1) is 9.77. The van der Waals surface area contributed by atoms with E-state index in [0.717, 1.165) is 0 Å². The number of hydrogen-bond acceptors (Lipinski definition) is 2. The van der Waals surface area contributed by atoms with Gasteiger partial charge >= 0.3 is 6.61 Å². The average molecular weight is 187 g/mol. The molecule has 0 aliphatic carbocycles. The van der Waals surface area contributed by atoms with Crippen molar-refractivity contribution >= 4 is 5.69 Å². The Bertz CT molecular complexity index is 313. The molecule has 2 N–H and O–H groups in total. The van der Waals surface area contributed by atoms with Crippen LogP contribution in [0.15, 0.2) is 12.1 Å². The Hall–Kier alpha value is -1.32. The molecule has 0 fully saturated rings. The highest BCUT2D eigenvalue weighted by atomic mass is 19.3. The van der Waals surface area contributed by atoms with E-state index in [0.29, 0.717) is 16.8 Å². The fourth-order valence-electron chi connectivity index (χ4n) is 1.11. The maximum absolute atomic E-state index is 11.9. The number of ether oxygens (including phenoxy) is 1. The van der Waals surface area contributed by atoms with E-state index < -0.39 is 6.61 Å². The van der Waals surface area contributed by atoms with Gasteiger partial charge in [-0.25, -0.2) is 0 Å². The van der Waals surface area contributed by atoms with E-state index in [1.807, 2.05) is 0 Å². The van der Waals surface area contributed by atoms with Crippen molar-refractivity contribution < 1.29 is 13.5 Å². The Morgan fingerprint density at radius 1 is 1.31 bits per heavy atom. The van der Waals surface area contributed by atoms with E-state index >= 15 is 0 Å². The molecule has 4 heteroatoms. The van der Waals surface area contributed by atoms with Gasteiger partial charge in [0.2, 0.25) is 0 Å². The number of hydrogen-bond donors (Lipinski definition) is 1. The van der Waals surface area contributed by atoms with Gasteiger partial charge in [-0.2, -0.15) is 8.78 Å². The van der Waals surface area contributed by atoms with Gasteiger partial charge in [0.05, 0.1) is 0 Å². The molecule has 0 saturated heterocycles. The summed E-state index contributed by atoms with van der Waals surface area (Å²) in [5.41, 5.74) is 7.21. The summed E-state index contributed by atoms with van der Waals surface area (Å²) in [4.78, 5) is 0. The fourth-order valence-corrected chi connectivity index (χ4v) is 1.11. The minimum atomic E-state index is -2.81. The average Bonchev–Trinajstić information content (AvgIpc) is 2.05. The summed E-state index contributed by atoms with van der Waals surface area (Å²) in [7, 11) is 0. The predicted octanol–water partition coefficient (Wildman–Crippen LogP) is 2.49. The molecule has 2 nitrogen and oxygen atoms in total. The molecule has 1 aromatic rings. The molecule has 0 bridgehead atoms. The van der Waals surface area contributed by atoms with Crippen molar-refractivity contribution in [2.24, 2.45) is 0 Å². The van der Waals surface area contributed by atoms with Crippen LogP contribution in [-0.2, 0) is 0 Å². The number of alkyl halides is 2. The van der Waals surface area contributed by atoms with E-state index in [1.54, 1.807) is 26.0 Å². The molecule has 0 spiro atoms. The zero-order valence-electron chi connectivity index (χ0n) is 7.47. The van der Waals surface area contributed by atoms with Crippen LogP contribution in [-0.4, -0.2) is 6.61 Å². The molecule has 0 amide bonds. The van der Waals surface area contributed by atoms with E-state index in [-0.39, 0.29) is 5.75 Å². The van der Waals surface area contributed by atoms with Crippen LogP contribution in [0.1, 0.15) is 11.1 Å². The zero-order chi connectivity index (χ0) is 10.0. The van der Waals surface area contributed by atoms with Gasteiger partial charge in [0.15, 0.2) is 0 Å². The van der Waals surface area contributed by atoms with Crippen molar-refractivity contribution in [1.82, 2.24) is 0 Å². The minimum absolute atomic E-state index is 0.176. The van der Waals surface area contributed by atoms with Gasteiger partial charge in [0, 0.05) is 11.3 Å². The first-order valence-electron chi connectivity index (χ1n) is 3.83. The lowest BCUT2D eigenvalue weighted by molar-refractivity contribution is -0.0506. The molecular weight excluding hydrogens is 176 g/mol. The highest BCUT2D eigenvalue weighted by molar-refractivity contribution is 5.56. The van der Waals surface area contributed by atoms with Gasteiger partial charge in [-0.3, -0.25) is 0 Å². The van der Waals surface area contributed by atoms with E-state index in [4.69, 9.17) is 5.73 Å². The van der Waals surface area contributed by atoms with Gasteiger partial charge in [-0.1, -0.05) is 6.07 Å². The summed E-state index contributed by atoms with van der Waals surface area (Å²) in [6.45, 7) is 0.545. The SMILES string of the molecule is Cc1ccc(N)c(C)c1OC(F)F. The Morgan fingerprint density at radius 2 is 1.92 bits per heavy atom. The Morgan fingerprint density at radius 3 is 2.46 bits per heavy atom. The lowest BCUT2D eigenvalue weighted by Gasteiger charge is -2.12. The van der Waals surface area contributed by atoms with Crippen LogP contribution >= 0.6 is 0 Å². The third-order valence-electron chi connectivity index (χ3n) is 1.85. The van der Waals surface area contributed by atoms with Crippen LogP contribution in [0, 0.1) is 13.8 Å². The molecule has 1 aromatic carbocycles. The highest BCUT2D eigenvalue weighted by Gasteiger charge is 2.11. The van der Waals surface area contributed by atoms with Gasteiger partial charge in [-0.05, 0) is 25.5 Å². The number of nitrogen functional groups attached to an aromatic ring is 1. The van der Waals surface area contributed by atoms with Crippen molar-refractivity contribution in [2.75, 3.05) is 5.73 Å². The molecule has 1 rings (SSSR count).